The van der Waals surface area contributed by atoms with E-state index in [9.17, 15) is 18.0 Å². The van der Waals surface area contributed by atoms with Crippen LogP contribution >= 0.6 is 0 Å². The molecule has 0 aliphatic heterocycles. The molecule has 1 rings (SSSR count). The molecule has 0 aromatic heterocycles. The third-order valence-electron chi connectivity index (χ3n) is 2.28. The van der Waals surface area contributed by atoms with Crippen molar-refractivity contribution in [3.05, 3.63) is 35.9 Å². The lowest BCUT2D eigenvalue weighted by Gasteiger charge is -2.14. The number of rotatable bonds is 5. The zero-order chi connectivity index (χ0) is 13.6. The minimum Gasteiger partial charge on any atom is -0.289 e. The molecular weight excluding hydrogens is 249 g/mol. The van der Waals surface area contributed by atoms with Gasteiger partial charge in [0.1, 0.15) is 0 Å². The van der Waals surface area contributed by atoms with Gasteiger partial charge in [0.15, 0.2) is 0 Å². The van der Waals surface area contributed by atoms with Crippen LogP contribution in [0.5, 0.6) is 0 Å². The minimum atomic E-state index is -4.98. The molecular formula is C12H13F3O3. The van der Waals surface area contributed by atoms with Crippen LogP contribution in [0.15, 0.2) is 30.3 Å². The summed E-state index contributed by atoms with van der Waals surface area (Å²) < 4.78 is 35.3. The summed E-state index contributed by atoms with van der Waals surface area (Å²) in [5.74, 6) is -1.79. The van der Waals surface area contributed by atoms with Gasteiger partial charge in [-0.1, -0.05) is 48.6 Å². The fraction of sp³-hybridized carbons (Fsp3) is 0.417. The normalized spacial score (nSPS) is 13.1. The molecule has 0 saturated carbocycles. The molecule has 0 N–H and O–H groups in total. The number of hydrogen-bond donors (Lipinski definition) is 0. The molecule has 18 heavy (non-hydrogen) atoms. The predicted octanol–water partition coefficient (Wildman–Crippen LogP) is 3.56. The van der Waals surface area contributed by atoms with Gasteiger partial charge in [-0.05, 0) is 12.0 Å². The van der Waals surface area contributed by atoms with E-state index in [1.165, 1.54) is 0 Å². The Hall–Kier alpha value is -1.56. The third kappa shape index (κ3) is 4.75. The van der Waals surface area contributed by atoms with Gasteiger partial charge in [0, 0.05) is 0 Å². The number of benzene rings is 1. The molecule has 6 heteroatoms. The Balaban J connectivity index is 2.70. The van der Waals surface area contributed by atoms with Gasteiger partial charge >= 0.3 is 12.3 Å². The van der Waals surface area contributed by atoms with E-state index < -0.39 is 18.2 Å². The topological polar surface area (TPSA) is 35.5 Å². The van der Waals surface area contributed by atoms with E-state index in [1.54, 1.807) is 30.3 Å². The summed E-state index contributed by atoms with van der Waals surface area (Å²) in [4.78, 5) is 18.4. The van der Waals surface area contributed by atoms with Gasteiger partial charge in [0.2, 0.25) is 0 Å². The summed E-state index contributed by atoms with van der Waals surface area (Å²) in [5.41, 5.74) is 0.607. The zero-order valence-corrected chi connectivity index (χ0v) is 9.74. The first-order valence-electron chi connectivity index (χ1n) is 5.45. The van der Waals surface area contributed by atoms with Crippen LogP contribution in [-0.4, -0.2) is 12.3 Å². The highest BCUT2D eigenvalue weighted by Crippen LogP contribution is 2.24. The molecule has 0 radical (unpaired) electrons. The standard InChI is InChI=1S/C12H13F3O3/c1-2-6-10(9-7-4-3-5-8-9)11(16)17-18-12(13,14)15/h3-5,7-8,10H,2,6H2,1H3. The molecule has 0 aliphatic rings. The number of carbonyl (C=O) groups excluding carboxylic acids is 1. The van der Waals surface area contributed by atoms with Crippen LogP contribution < -0.4 is 0 Å². The van der Waals surface area contributed by atoms with Crippen molar-refractivity contribution in [2.45, 2.75) is 32.0 Å². The molecule has 0 aliphatic carbocycles. The molecule has 1 atom stereocenters. The molecule has 1 aromatic rings. The summed E-state index contributed by atoms with van der Waals surface area (Å²) in [6.45, 7) is 1.83. The second-order valence-electron chi connectivity index (χ2n) is 3.68. The van der Waals surface area contributed by atoms with Gasteiger partial charge in [-0.25, -0.2) is 4.79 Å². The van der Waals surface area contributed by atoms with Gasteiger partial charge in [-0.3, -0.25) is 4.89 Å². The number of hydrogen-bond acceptors (Lipinski definition) is 3. The van der Waals surface area contributed by atoms with Crippen LogP contribution in [0, 0.1) is 0 Å². The summed E-state index contributed by atoms with van der Waals surface area (Å²) >= 11 is 0. The van der Waals surface area contributed by atoms with E-state index >= 15 is 0 Å². The summed E-state index contributed by atoms with van der Waals surface area (Å²) in [7, 11) is 0. The van der Waals surface area contributed by atoms with Gasteiger partial charge in [0.25, 0.3) is 0 Å². The monoisotopic (exact) mass is 262 g/mol. The second-order valence-corrected chi connectivity index (χ2v) is 3.68. The van der Waals surface area contributed by atoms with Crippen LogP contribution in [0.25, 0.3) is 0 Å². The SMILES string of the molecule is CCCC(C(=O)OOC(F)(F)F)c1ccccc1. The van der Waals surface area contributed by atoms with E-state index in [0.717, 1.165) is 0 Å². The Labute approximate surface area is 102 Å². The van der Waals surface area contributed by atoms with E-state index in [2.05, 4.69) is 9.78 Å². The van der Waals surface area contributed by atoms with Crippen molar-refractivity contribution in [1.82, 2.24) is 0 Å². The van der Waals surface area contributed by atoms with Crippen LogP contribution in [0.1, 0.15) is 31.2 Å². The average Bonchev–Trinajstić information content (AvgIpc) is 2.33. The predicted molar refractivity (Wildman–Crippen MR) is 57.3 cm³/mol. The van der Waals surface area contributed by atoms with Crippen LogP contribution in [0.3, 0.4) is 0 Å². The van der Waals surface area contributed by atoms with Gasteiger partial charge in [0.05, 0.1) is 5.92 Å². The summed E-state index contributed by atoms with van der Waals surface area (Å²) in [6, 6.07) is 8.49. The smallest absolute Gasteiger partial charge is 0.289 e. The molecule has 0 amide bonds. The molecule has 1 unspecified atom stereocenters. The number of halogens is 3. The van der Waals surface area contributed by atoms with Crippen molar-refractivity contribution in [1.29, 1.82) is 0 Å². The molecule has 0 heterocycles. The van der Waals surface area contributed by atoms with E-state index in [4.69, 9.17) is 0 Å². The van der Waals surface area contributed by atoms with Crippen LogP contribution in [0.2, 0.25) is 0 Å². The third-order valence-corrected chi connectivity index (χ3v) is 2.28. The number of alkyl halides is 3. The lowest BCUT2D eigenvalue weighted by Crippen LogP contribution is -2.22. The lowest BCUT2D eigenvalue weighted by atomic mass is 9.95. The summed E-state index contributed by atoms with van der Waals surface area (Å²) in [6.07, 6.45) is -3.95. The minimum absolute atomic E-state index is 0.393. The maximum Gasteiger partial charge on any atom is 0.558 e. The Morgan fingerprint density at radius 1 is 1.28 bits per heavy atom. The highest BCUT2D eigenvalue weighted by Gasteiger charge is 2.34. The Morgan fingerprint density at radius 2 is 1.89 bits per heavy atom. The zero-order valence-electron chi connectivity index (χ0n) is 9.74. The maximum absolute atomic E-state index is 11.8. The fourth-order valence-electron chi connectivity index (χ4n) is 1.54. The molecule has 0 saturated heterocycles. The van der Waals surface area contributed by atoms with Gasteiger partial charge in [-0.15, -0.1) is 13.2 Å². The van der Waals surface area contributed by atoms with Gasteiger partial charge in [-0.2, -0.15) is 0 Å². The first-order valence-corrected chi connectivity index (χ1v) is 5.45. The first-order chi connectivity index (χ1) is 8.44. The largest absolute Gasteiger partial charge is 0.558 e. The first kappa shape index (κ1) is 14.5. The highest BCUT2D eigenvalue weighted by atomic mass is 19.4. The van der Waals surface area contributed by atoms with Crippen molar-refractivity contribution in [3.8, 4) is 0 Å². The summed E-state index contributed by atoms with van der Waals surface area (Å²) in [5, 5.41) is 0. The fourth-order valence-corrected chi connectivity index (χ4v) is 1.54. The highest BCUT2D eigenvalue weighted by molar-refractivity contribution is 5.77. The average molecular weight is 262 g/mol. The van der Waals surface area contributed by atoms with Gasteiger partial charge < -0.3 is 0 Å². The van der Waals surface area contributed by atoms with Crippen molar-refractivity contribution in [2.75, 3.05) is 0 Å². The molecule has 1 aromatic carbocycles. The van der Waals surface area contributed by atoms with Crippen LogP contribution in [-0.2, 0) is 14.6 Å². The quantitative estimate of drug-likeness (QED) is 0.601. The Kier molecular flexibility index (Phi) is 5.15. The van der Waals surface area contributed by atoms with E-state index in [-0.39, 0.29) is 0 Å². The maximum atomic E-state index is 11.8. The Morgan fingerprint density at radius 3 is 2.39 bits per heavy atom. The molecule has 100 valence electrons. The van der Waals surface area contributed by atoms with E-state index in [0.29, 0.717) is 18.4 Å². The van der Waals surface area contributed by atoms with Crippen molar-refractivity contribution in [2.24, 2.45) is 0 Å². The van der Waals surface area contributed by atoms with Crippen molar-refractivity contribution >= 4 is 5.97 Å². The van der Waals surface area contributed by atoms with Crippen LogP contribution in [0.4, 0.5) is 13.2 Å². The van der Waals surface area contributed by atoms with Crippen molar-refractivity contribution in [3.63, 3.8) is 0 Å². The second kappa shape index (κ2) is 6.39. The Bertz CT molecular complexity index is 376. The molecule has 0 fully saturated rings. The number of carbonyl (C=O) groups is 1. The lowest BCUT2D eigenvalue weighted by molar-refractivity contribution is -0.463. The molecule has 3 nitrogen and oxygen atoms in total. The molecule has 0 spiro atoms. The van der Waals surface area contributed by atoms with Crippen molar-refractivity contribution < 1.29 is 27.7 Å². The van der Waals surface area contributed by atoms with E-state index in [1.807, 2.05) is 6.92 Å². The molecule has 0 bridgehead atoms.